The minimum absolute atomic E-state index is 0.145. The second kappa shape index (κ2) is 5.04. The number of hydrogen-bond donors (Lipinski definition) is 2. The van der Waals surface area contributed by atoms with Crippen molar-refractivity contribution in [1.82, 2.24) is 9.97 Å². The van der Waals surface area contributed by atoms with Gasteiger partial charge in [-0.15, -0.1) is 11.8 Å². The molecule has 1 atom stereocenters. The van der Waals surface area contributed by atoms with E-state index in [0.29, 0.717) is 11.4 Å². The molecule has 1 aromatic heterocycles. The number of nitrogens with one attached hydrogen (secondary N) is 1. The number of aliphatic hydroxyl groups excluding tert-OH is 1. The van der Waals surface area contributed by atoms with Crippen LogP contribution in [0.4, 0.5) is 0 Å². The van der Waals surface area contributed by atoms with Gasteiger partial charge in [0.05, 0.1) is 6.33 Å². The van der Waals surface area contributed by atoms with Crippen LogP contribution in [0.3, 0.4) is 0 Å². The standard InChI is InChI=1S/C8H12N2O2S/c1-6(2-3-11)13-8-4-7(12)9-5-10-8/h4-6,11H,2-3H2,1H3,(H,9,10,12). The molecule has 1 aromatic rings. The average molecular weight is 200 g/mol. The molecule has 1 rings (SSSR count). The molecule has 13 heavy (non-hydrogen) atoms. The van der Waals surface area contributed by atoms with Crippen molar-refractivity contribution in [1.29, 1.82) is 0 Å². The van der Waals surface area contributed by atoms with E-state index in [1.54, 1.807) is 0 Å². The second-order valence-corrected chi connectivity index (χ2v) is 4.15. The predicted molar refractivity (Wildman–Crippen MR) is 51.9 cm³/mol. The van der Waals surface area contributed by atoms with Crippen molar-refractivity contribution >= 4 is 11.8 Å². The van der Waals surface area contributed by atoms with Crippen molar-refractivity contribution in [2.24, 2.45) is 0 Å². The molecule has 0 saturated carbocycles. The van der Waals surface area contributed by atoms with Crippen molar-refractivity contribution < 1.29 is 5.11 Å². The van der Waals surface area contributed by atoms with Crippen molar-refractivity contribution in [2.75, 3.05) is 6.61 Å². The van der Waals surface area contributed by atoms with Crippen molar-refractivity contribution in [3.63, 3.8) is 0 Å². The minimum atomic E-state index is -0.145. The van der Waals surface area contributed by atoms with Crippen LogP contribution in [0.1, 0.15) is 13.3 Å². The molecule has 0 fully saturated rings. The Morgan fingerprint density at radius 1 is 1.77 bits per heavy atom. The van der Waals surface area contributed by atoms with Crippen molar-refractivity contribution in [3.05, 3.63) is 22.7 Å². The summed E-state index contributed by atoms with van der Waals surface area (Å²) in [4.78, 5) is 17.3. The smallest absolute Gasteiger partial charge is 0.251 e. The molecule has 1 unspecified atom stereocenters. The molecular formula is C8H12N2O2S. The SMILES string of the molecule is CC(CCO)Sc1cc(=O)[nH]cn1. The largest absolute Gasteiger partial charge is 0.396 e. The Hall–Kier alpha value is -0.810. The molecule has 4 nitrogen and oxygen atoms in total. The van der Waals surface area contributed by atoms with E-state index in [1.165, 1.54) is 24.2 Å². The van der Waals surface area contributed by atoms with Crippen LogP contribution in [0.25, 0.3) is 0 Å². The zero-order chi connectivity index (χ0) is 9.68. The first-order valence-electron chi connectivity index (χ1n) is 4.04. The Bertz CT molecular complexity index is 313. The molecule has 5 heteroatoms. The minimum Gasteiger partial charge on any atom is -0.396 e. The van der Waals surface area contributed by atoms with Crippen LogP contribution < -0.4 is 5.56 Å². The summed E-state index contributed by atoms with van der Waals surface area (Å²) < 4.78 is 0. The van der Waals surface area contributed by atoms with E-state index >= 15 is 0 Å². The van der Waals surface area contributed by atoms with Gasteiger partial charge in [-0.2, -0.15) is 0 Å². The maximum atomic E-state index is 10.9. The van der Waals surface area contributed by atoms with Gasteiger partial charge >= 0.3 is 0 Å². The highest BCUT2D eigenvalue weighted by Gasteiger charge is 2.04. The van der Waals surface area contributed by atoms with E-state index in [4.69, 9.17) is 5.11 Å². The first-order chi connectivity index (χ1) is 6.22. The van der Waals surface area contributed by atoms with Crippen LogP contribution in [0.2, 0.25) is 0 Å². The lowest BCUT2D eigenvalue weighted by molar-refractivity contribution is 0.289. The zero-order valence-electron chi connectivity index (χ0n) is 7.36. The van der Waals surface area contributed by atoms with Crippen LogP contribution in [0.15, 0.2) is 22.2 Å². The van der Waals surface area contributed by atoms with E-state index in [9.17, 15) is 4.79 Å². The molecule has 0 aliphatic carbocycles. The maximum absolute atomic E-state index is 10.9. The third kappa shape index (κ3) is 3.61. The van der Waals surface area contributed by atoms with Crippen LogP contribution >= 0.6 is 11.8 Å². The van der Waals surface area contributed by atoms with Gasteiger partial charge in [0.25, 0.3) is 5.56 Å². The zero-order valence-corrected chi connectivity index (χ0v) is 8.17. The Labute approximate surface area is 80.4 Å². The molecule has 72 valence electrons. The van der Waals surface area contributed by atoms with Crippen LogP contribution in [0, 0.1) is 0 Å². The number of rotatable bonds is 4. The summed E-state index contributed by atoms with van der Waals surface area (Å²) in [6.07, 6.45) is 2.09. The fraction of sp³-hybridized carbons (Fsp3) is 0.500. The average Bonchev–Trinajstić information content (AvgIpc) is 2.04. The molecule has 0 saturated heterocycles. The molecule has 1 heterocycles. The second-order valence-electron chi connectivity index (χ2n) is 2.69. The summed E-state index contributed by atoms with van der Waals surface area (Å²) in [5, 5.41) is 9.64. The number of aliphatic hydroxyl groups is 1. The van der Waals surface area contributed by atoms with Crippen LogP contribution in [0.5, 0.6) is 0 Å². The number of thioether (sulfide) groups is 1. The number of aromatic nitrogens is 2. The first-order valence-corrected chi connectivity index (χ1v) is 4.92. The number of nitrogens with zero attached hydrogens (tertiary/aromatic N) is 1. The van der Waals surface area contributed by atoms with Gasteiger partial charge in [0.15, 0.2) is 0 Å². The van der Waals surface area contributed by atoms with Gasteiger partial charge in [-0.05, 0) is 6.42 Å². The van der Waals surface area contributed by atoms with Crippen LogP contribution in [-0.2, 0) is 0 Å². The van der Waals surface area contributed by atoms with Gasteiger partial charge in [0, 0.05) is 17.9 Å². The fourth-order valence-corrected chi connectivity index (χ4v) is 1.79. The maximum Gasteiger partial charge on any atom is 0.251 e. The van der Waals surface area contributed by atoms with Crippen LogP contribution in [-0.4, -0.2) is 26.9 Å². The predicted octanol–water partition coefficient (Wildman–Crippen LogP) is 0.633. The molecule has 2 N–H and O–H groups in total. The van der Waals surface area contributed by atoms with Gasteiger partial charge < -0.3 is 10.1 Å². The highest BCUT2D eigenvalue weighted by Crippen LogP contribution is 2.20. The number of H-pyrrole nitrogens is 1. The summed E-state index contributed by atoms with van der Waals surface area (Å²) in [5.74, 6) is 0. The topological polar surface area (TPSA) is 66.0 Å². The number of hydrogen-bond acceptors (Lipinski definition) is 4. The monoisotopic (exact) mass is 200 g/mol. The van der Waals surface area contributed by atoms with Gasteiger partial charge in [-0.1, -0.05) is 6.92 Å². The molecule has 0 amide bonds. The lowest BCUT2D eigenvalue weighted by atomic mass is 10.3. The van der Waals surface area contributed by atoms with Gasteiger partial charge in [0.2, 0.25) is 0 Å². The summed E-state index contributed by atoms with van der Waals surface area (Å²) in [5.41, 5.74) is -0.145. The highest BCUT2D eigenvalue weighted by molar-refractivity contribution is 7.99. The van der Waals surface area contributed by atoms with E-state index in [1.807, 2.05) is 6.92 Å². The van der Waals surface area contributed by atoms with Gasteiger partial charge in [0.1, 0.15) is 5.03 Å². The van der Waals surface area contributed by atoms with E-state index < -0.39 is 0 Å². The Morgan fingerprint density at radius 3 is 3.15 bits per heavy atom. The highest BCUT2D eigenvalue weighted by atomic mass is 32.2. The van der Waals surface area contributed by atoms with E-state index in [-0.39, 0.29) is 17.4 Å². The molecule has 0 radical (unpaired) electrons. The molecule has 0 aromatic carbocycles. The van der Waals surface area contributed by atoms with E-state index in [0.717, 1.165) is 0 Å². The first kappa shape index (κ1) is 10.3. The molecule has 0 bridgehead atoms. The van der Waals surface area contributed by atoms with Crippen molar-refractivity contribution in [2.45, 2.75) is 23.6 Å². The number of aromatic amines is 1. The Balaban J connectivity index is 2.58. The van der Waals surface area contributed by atoms with Gasteiger partial charge in [-0.25, -0.2) is 4.98 Å². The summed E-state index contributed by atoms with van der Waals surface area (Å²) in [6.45, 7) is 2.15. The molecule has 0 aliphatic rings. The molecule has 0 aliphatic heterocycles. The normalized spacial score (nSPS) is 12.8. The lowest BCUT2D eigenvalue weighted by Gasteiger charge is -2.06. The third-order valence-electron chi connectivity index (χ3n) is 1.51. The van der Waals surface area contributed by atoms with Crippen molar-refractivity contribution in [3.8, 4) is 0 Å². The molecular weight excluding hydrogens is 188 g/mol. The lowest BCUT2D eigenvalue weighted by Crippen LogP contribution is -2.06. The molecule has 0 spiro atoms. The fourth-order valence-electron chi connectivity index (χ4n) is 0.862. The summed E-state index contributed by atoms with van der Waals surface area (Å²) in [7, 11) is 0. The summed E-state index contributed by atoms with van der Waals surface area (Å²) >= 11 is 1.49. The summed E-state index contributed by atoms with van der Waals surface area (Å²) in [6, 6.07) is 1.46. The van der Waals surface area contributed by atoms with Gasteiger partial charge in [-0.3, -0.25) is 4.79 Å². The Kier molecular flexibility index (Phi) is 3.98. The Morgan fingerprint density at radius 2 is 2.54 bits per heavy atom. The van der Waals surface area contributed by atoms with E-state index in [2.05, 4.69) is 9.97 Å². The third-order valence-corrected chi connectivity index (χ3v) is 2.61. The quantitative estimate of drug-likeness (QED) is 0.552.